The highest BCUT2D eigenvalue weighted by molar-refractivity contribution is 7.98. The zero-order valence-electron chi connectivity index (χ0n) is 16.2. The van der Waals surface area contributed by atoms with Crippen molar-refractivity contribution in [2.24, 2.45) is 0 Å². The van der Waals surface area contributed by atoms with E-state index in [0.717, 1.165) is 22.6 Å². The molecule has 0 aliphatic rings. The second-order valence-corrected chi connectivity index (χ2v) is 7.44. The van der Waals surface area contributed by atoms with Crippen LogP contribution in [0.1, 0.15) is 28.4 Å². The average molecular weight is 431 g/mol. The summed E-state index contributed by atoms with van der Waals surface area (Å²) in [5, 5.41) is 2.54. The van der Waals surface area contributed by atoms with E-state index >= 15 is 0 Å². The molecule has 0 spiro atoms. The fraction of sp³-hybridized carbons (Fsp3) is 0.174. The number of anilines is 1. The second-order valence-electron chi connectivity index (χ2n) is 6.39. The molecule has 7 heteroatoms. The molecule has 1 amide bonds. The third-order valence-corrected chi connectivity index (χ3v) is 5.27. The number of hydrogen-bond donors (Lipinski definition) is 1. The van der Waals surface area contributed by atoms with E-state index in [4.69, 9.17) is 4.74 Å². The summed E-state index contributed by atoms with van der Waals surface area (Å²) in [5.74, 6) is 0.782. The van der Waals surface area contributed by atoms with E-state index in [0.29, 0.717) is 23.7 Å². The van der Waals surface area contributed by atoms with Gasteiger partial charge in [0.1, 0.15) is 5.75 Å². The highest BCUT2D eigenvalue weighted by atomic mass is 32.2. The summed E-state index contributed by atoms with van der Waals surface area (Å²) in [4.78, 5) is 13.7. The van der Waals surface area contributed by atoms with Crippen LogP contribution in [0, 0.1) is 0 Å². The van der Waals surface area contributed by atoms with Gasteiger partial charge in [-0.05, 0) is 55.5 Å². The zero-order chi connectivity index (χ0) is 21.6. The lowest BCUT2D eigenvalue weighted by Gasteiger charge is -2.13. The summed E-state index contributed by atoms with van der Waals surface area (Å²) in [7, 11) is 0. The van der Waals surface area contributed by atoms with Gasteiger partial charge in [0.25, 0.3) is 5.91 Å². The molecule has 0 fully saturated rings. The molecule has 0 aliphatic heterocycles. The molecule has 3 nitrogen and oxygen atoms in total. The number of halogens is 3. The summed E-state index contributed by atoms with van der Waals surface area (Å²) in [5.41, 5.74) is 0.456. The lowest BCUT2D eigenvalue weighted by Crippen LogP contribution is -2.13. The fourth-order valence-corrected chi connectivity index (χ4v) is 3.68. The van der Waals surface area contributed by atoms with Gasteiger partial charge in [-0.1, -0.05) is 24.3 Å². The van der Waals surface area contributed by atoms with Crippen molar-refractivity contribution >= 4 is 23.4 Å². The van der Waals surface area contributed by atoms with Crippen LogP contribution in [-0.4, -0.2) is 12.5 Å². The van der Waals surface area contributed by atoms with Crippen molar-refractivity contribution in [3.63, 3.8) is 0 Å². The number of thioether (sulfide) groups is 1. The predicted octanol–water partition coefficient (Wildman–Crippen LogP) is 6.65. The van der Waals surface area contributed by atoms with Gasteiger partial charge in [0.2, 0.25) is 0 Å². The Morgan fingerprint density at radius 2 is 1.77 bits per heavy atom. The molecule has 0 radical (unpaired) electrons. The molecule has 0 heterocycles. The monoisotopic (exact) mass is 431 g/mol. The minimum absolute atomic E-state index is 0.0870. The molecule has 1 N–H and O–H groups in total. The Labute approximate surface area is 177 Å². The maximum Gasteiger partial charge on any atom is 0.416 e. The van der Waals surface area contributed by atoms with Crippen LogP contribution in [0.2, 0.25) is 0 Å². The summed E-state index contributed by atoms with van der Waals surface area (Å²) < 4.78 is 44.3. The van der Waals surface area contributed by atoms with E-state index < -0.39 is 17.6 Å². The van der Waals surface area contributed by atoms with Crippen LogP contribution in [0.25, 0.3) is 0 Å². The molecular weight excluding hydrogens is 411 g/mol. The molecule has 0 bridgehead atoms. The molecule has 0 unspecified atom stereocenters. The average Bonchev–Trinajstić information content (AvgIpc) is 2.73. The minimum atomic E-state index is -4.47. The van der Waals surface area contributed by atoms with Crippen LogP contribution < -0.4 is 10.1 Å². The van der Waals surface area contributed by atoms with Gasteiger partial charge in [0.15, 0.2) is 0 Å². The Balaban J connectivity index is 1.79. The van der Waals surface area contributed by atoms with Crippen LogP contribution in [-0.2, 0) is 11.9 Å². The van der Waals surface area contributed by atoms with Crippen LogP contribution in [0.4, 0.5) is 18.9 Å². The van der Waals surface area contributed by atoms with Crippen molar-refractivity contribution in [1.82, 2.24) is 0 Å². The largest absolute Gasteiger partial charge is 0.494 e. The quantitative estimate of drug-likeness (QED) is 0.426. The lowest BCUT2D eigenvalue weighted by molar-refractivity contribution is -0.137. The van der Waals surface area contributed by atoms with Crippen LogP contribution in [0.15, 0.2) is 77.7 Å². The van der Waals surface area contributed by atoms with Crippen molar-refractivity contribution in [2.75, 3.05) is 11.9 Å². The first-order valence-corrected chi connectivity index (χ1v) is 10.3. The molecule has 0 aromatic heterocycles. The lowest BCUT2D eigenvalue weighted by atomic mass is 10.1. The number of carbonyl (C=O) groups excluding carboxylic acids is 1. The molecule has 0 saturated carbocycles. The highest BCUT2D eigenvalue weighted by Gasteiger charge is 2.30. The van der Waals surface area contributed by atoms with Crippen molar-refractivity contribution in [3.8, 4) is 5.75 Å². The number of nitrogens with one attached hydrogen (secondary N) is 1. The zero-order valence-corrected chi connectivity index (χ0v) is 17.0. The molecule has 0 aliphatic carbocycles. The van der Waals surface area contributed by atoms with Gasteiger partial charge in [-0.2, -0.15) is 13.2 Å². The van der Waals surface area contributed by atoms with E-state index in [-0.39, 0.29) is 5.69 Å². The Hall–Kier alpha value is -2.93. The molecule has 156 valence electrons. The predicted molar refractivity (Wildman–Crippen MR) is 113 cm³/mol. The van der Waals surface area contributed by atoms with Crippen LogP contribution in [0.5, 0.6) is 5.75 Å². The van der Waals surface area contributed by atoms with Crippen molar-refractivity contribution in [1.29, 1.82) is 0 Å². The van der Waals surface area contributed by atoms with E-state index in [1.165, 1.54) is 12.1 Å². The molecule has 30 heavy (non-hydrogen) atoms. The van der Waals surface area contributed by atoms with Crippen LogP contribution >= 0.6 is 11.8 Å². The number of amides is 1. The summed E-state index contributed by atoms with van der Waals surface area (Å²) in [6.07, 6.45) is -4.47. The topological polar surface area (TPSA) is 38.3 Å². The fourth-order valence-electron chi connectivity index (χ4n) is 2.78. The number of rotatable bonds is 7. The first-order valence-electron chi connectivity index (χ1n) is 9.29. The maximum atomic E-state index is 12.9. The van der Waals surface area contributed by atoms with Crippen molar-refractivity contribution in [2.45, 2.75) is 23.7 Å². The number of hydrogen-bond acceptors (Lipinski definition) is 3. The van der Waals surface area contributed by atoms with Gasteiger partial charge < -0.3 is 10.1 Å². The van der Waals surface area contributed by atoms with E-state index in [2.05, 4.69) is 5.32 Å². The van der Waals surface area contributed by atoms with Gasteiger partial charge in [0.05, 0.1) is 12.2 Å². The number of ether oxygens (including phenoxy) is 1. The Morgan fingerprint density at radius 1 is 1.00 bits per heavy atom. The highest BCUT2D eigenvalue weighted by Crippen LogP contribution is 2.31. The SMILES string of the molecule is CCOc1ccc(C(=O)Nc2cccc(C(F)(F)F)c2)cc1CSc1ccccc1. The minimum Gasteiger partial charge on any atom is -0.494 e. The third kappa shape index (κ3) is 5.79. The summed E-state index contributed by atoms with van der Waals surface area (Å²) in [6, 6.07) is 19.4. The Kier molecular flexibility index (Phi) is 7.05. The van der Waals surface area contributed by atoms with E-state index in [1.807, 2.05) is 37.3 Å². The summed E-state index contributed by atoms with van der Waals surface area (Å²) in [6.45, 7) is 2.36. The van der Waals surface area contributed by atoms with Gasteiger partial charge in [-0.3, -0.25) is 4.79 Å². The summed E-state index contributed by atoms with van der Waals surface area (Å²) >= 11 is 1.61. The van der Waals surface area contributed by atoms with E-state index in [9.17, 15) is 18.0 Å². The normalized spacial score (nSPS) is 11.2. The first-order chi connectivity index (χ1) is 14.4. The molecule has 3 aromatic rings. The van der Waals surface area contributed by atoms with Gasteiger partial charge in [-0.15, -0.1) is 11.8 Å². The maximum absolute atomic E-state index is 12.9. The molecule has 3 aromatic carbocycles. The molecular formula is C23H20F3NO2S. The first kappa shape index (κ1) is 21.8. The van der Waals surface area contributed by atoms with Gasteiger partial charge in [0, 0.05) is 27.5 Å². The molecule has 0 atom stereocenters. The van der Waals surface area contributed by atoms with Crippen molar-refractivity contribution < 1.29 is 22.7 Å². The second kappa shape index (κ2) is 9.71. The smallest absolute Gasteiger partial charge is 0.416 e. The van der Waals surface area contributed by atoms with Crippen LogP contribution in [0.3, 0.4) is 0 Å². The Morgan fingerprint density at radius 3 is 2.47 bits per heavy atom. The van der Waals surface area contributed by atoms with Crippen molar-refractivity contribution in [3.05, 3.63) is 89.5 Å². The molecule has 0 saturated heterocycles. The van der Waals surface area contributed by atoms with Gasteiger partial charge >= 0.3 is 6.18 Å². The molecule has 3 rings (SSSR count). The number of carbonyl (C=O) groups is 1. The third-order valence-electron chi connectivity index (χ3n) is 4.21. The number of alkyl halides is 3. The Bertz CT molecular complexity index is 1010. The van der Waals surface area contributed by atoms with Gasteiger partial charge in [-0.25, -0.2) is 0 Å². The van der Waals surface area contributed by atoms with E-state index in [1.54, 1.807) is 30.0 Å². The standard InChI is InChI=1S/C23H20F3NO2S/c1-2-29-21-12-11-16(13-17(21)15-30-20-9-4-3-5-10-20)22(28)27-19-8-6-7-18(14-19)23(24,25)26/h3-14H,2,15H2,1H3,(H,27,28). The number of benzene rings is 3.